The third kappa shape index (κ3) is 5.88. The number of rotatable bonds is 14. The van der Waals surface area contributed by atoms with E-state index in [-0.39, 0.29) is 0 Å². The van der Waals surface area contributed by atoms with Crippen LogP contribution in [-0.2, 0) is 28.2 Å². The molecule has 0 spiro atoms. The van der Waals surface area contributed by atoms with Gasteiger partial charge in [-0.15, -0.1) is 10.2 Å². The molecule has 216 valence electrons. The van der Waals surface area contributed by atoms with Gasteiger partial charge in [0.15, 0.2) is 5.82 Å². The smallest absolute Gasteiger partial charge is 0.231 e. The lowest BCUT2D eigenvalue weighted by Gasteiger charge is -2.27. The number of H-pyrrole nitrogens is 1. The summed E-state index contributed by atoms with van der Waals surface area (Å²) in [5.41, 5.74) is 5.65. The van der Waals surface area contributed by atoms with E-state index in [1.54, 1.807) is 14.2 Å². The van der Waals surface area contributed by atoms with E-state index in [2.05, 4.69) is 97.1 Å². The maximum atomic E-state index is 5.81. The first-order chi connectivity index (χ1) is 19.3. The SMILES string of the molecule is CCCCc1nc(C(CCC)(OC)OC)nn1Cc1ccc(-n2c(C(C)C)cc(C(C)C)c2-c2nnn[nH]2)cc1. The van der Waals surface area contributed by atoms with Gasteiger partial charge in [-0.1, -0.05) is 66.5 Å². The zero-order chi connectivity index (χ0) is 28.9. The number of nitrogens with one attached hydrogen (secondary N) is 1. The fourth-order valence-electron chi connectivity index (χ4n) is 5.21. The number of aryl methyl sites for hydroxylation is 1. The fraction of sp³-hybridized carbons (Fsp3) is 0.567. The van der Waals surface area contributed by atoms with Crippen LogP contribution in [0.15, 0.2) is 30.3 Å². The van der Waals surface area contributed by atoms with Gasteiger partial charge in [0.25, 0.3) is 0 Å². The van der Waals surface area contributed by atoms with E-state index in [1.807, 2.05) is 4.68 Å². The minimum atomic E-state index is -0.938. The molecule has 0 atom stereocenters. The maximum Gasteiger partial charge on any atom is 0.231 e. The number of hydrogen-bond donors (Lipinski definition) is 1. The highest BCUT2D eigenvalue weighted by molar-refractivity contribution is 5.63. The van der Waals surface area contributed by atoms with Gasteiger partial charge in [-0.3, -0.25) is 0 Å². The molecule has 40 heavy (non-hydrogen) atoms. The summed E-state index contributed by atoms with van der Waals surface area (Å²) < 4.78 is 15.9. The molecule has 1 N–H and O–H groups in total. The van der Waals surface area contributed by atoms with Crippen molar-refractivity contribution in [3.05, 3.63) is 58.8 Å². The Balaban J connectivity index is 1.72. The molecule has 3 aromatic heterocycles. The molecule has 10 heteroatoms. The molecule has 0 bridgehead atoms. The van der Waals surface area contributed by atoms with Crippen LogP contribution in [0.5, 0.6) is 0 Å². The van der Waals surface area contributed by atoms with Crippen LogP contribution in [0.1, 0.15) is 108 Å². The van der Waals surface area contributed by atoms with E-state index >= 15 is 0 Å². The second-order valence-electron chi connectivity index (χ2n) is 11.0. The standard InChI is InChI=1S/C30H44N8O2/c1-9-11-12-26-31-29(30(39-7,40-8)17-10-2)34-37(26)19-22-13-15-23(16-14-22)38-25(21(5)6)18-24(20(3)4)27(38)28-32-35-36-33-28/h13-16,18,20-21H,9-12,17,19H2,1-8H3,(H,32,33,35,36). The van der Waals surface area contributed by atoms with Crippen molar-refractivity contribution in [2.75, 3.05) is 14.2 Å². The summed E-state index contributed by atoms with van der Waals surface area (Å²) in [6.45, 7) is 13.7. The van der Waals surface area contributed by atoms with Crippen molar-refractivity contribution < 1.29 is 9.47 Å². The second-order valence-corrected chi connectivity index (χ2v) is 11.0. The molecule has 1 aromatic carbocycles. The molecule has 0 radical (unpaired) electrons. The summed E-state index contributed by atoms with van der Waals surface area (Å²) in [5.74, 6) is 1.91. The van der Waals surface area contributed by atoms with Crippen LogP contribution in [0.4, 0.5) is 0 Å². The molecule has 3 heterocycles. The zero-order valence-corrected chi connectivity index (χ0v) is 25.2. The summed E-state index contributed by atoms with van der Waals surface area (Å²) in [5, 5.41) is 19.9. The van der Waals surface area contributed by atoms with Crippen molar-refractivity contribution in [3.63, 3.8) is 0 Å². The Bertz CT molecular complexity index is 1350. The highest BCUT2D eigenvalue weighted by Crippen LogP contribution is 2.36. The highest BCUT2D eigenvalue weighted by Gasteiger charge is 2.36. The van der Waals surface area contributed by atoms with Crippen molar-refractivity contribution in [2.24, 2.45) is 0 Å². The summed E-state index contributed by atoms with van der Waals surface area (Å²) in [7, 11) is 3.32. The van der Waals surface area contributed by atoms with Gasteiger partial charge in [-0.2, -0.15) is 0 Å². The Kier molecular flexibility index (Phi) is 9.52. The minimum absolute atomic E-state index is 0.320. The van der Waals surface area contributed by atoms with Gasteiger partial charge in [-0.05, 0) is 58.0 Å². The Morgan fingerprint density at radius 2 is 1.70 bits per heavy atom. The van der Waals surface area contributed by atoms with E-state index in [0.717, 1.165) is 48.5 Å². The molecule has 0 fully saturated rings. The number of benzene rings is 1. The summed E-state index contributed by atoms with van der Waals surface area (Å²) in [4.78, 5) is 4.91. The van der Waals surface area contributed by atoms with Crippen LogP contribution in [0.2, 0.25) is 0 Å². The molecule has 4 aromatic rings. The topological polar surface area (TPSA) is 109 Å². The van der Waals surface area contributed by atoms with Crippen molar-refractivity contribution in [3.8, 4) is 17.2 Å². The molecule has 0 aliphatic rings. The summed E-state index contributed by atoms with van der Waals surface area (Å²) in [6, 6.07) is 10.9. The Morgan fingerprint density at radius 3 is 2.25 bits per heavy atom. The van der Waals surface area contributed by atoms with Crippen LogP contribution in [0.3, 0.4) is 0 Å². The monoisotopic (exact) mass is 548 g/mol. The molecular formula is C30H44N8O2. The maximum absolute atomic E-state index is 5.81. The quantitative estimate of drug-likeness (QED) is 0.189. The van der Waals surface area contributed by atoms with Crippen molar-refractivity contribution >= 4 is 0 Å². The normalized spacial score (nSPS) is 12.2. The molecule has 4 rings (SSSR count). The highest BCUT2D eigenvalue weighted by atomic mass is 16.7. The molecule has 0 aliphatic carbocycles. The molecule has 0 saturated carbocycles. The van der Waals surface area contributed by atoms with Crippen molar-refractivity contribution in [1.29, 1.82) is 0 Å². The van der Waals surface area contributed by atoms with Gasteiger partial charge in [0.1, 0.15) is 5.82 Å². The molecule has 0 amide bonds. The van der Waals surface area contributed by atoms with E-state index in [0.29, 0.717) is 36.5 Å². The Morgan fingerprint density at radius 1 is 0.975 bits per heavy atom. The third-order valence-electron chi connectivity index (χ3n) is 7.45. The van der Waals surface area contributed by atoms with Crippen LogP contribution in [0.25, 0.3) is 17.2 Å². The number of nitrogens with zero attached hydrogens (tertiary/aromatic N) is 7. The van der Waals surface area contributed by atoms with Crippen LogP contribution in [0, 0.1) is 0 Å². The molecule has 0 saturated heterocycles. The average molecular weight is 549 g/mol. The predicted molar refractivity (Wildman–Crippen MR) is 155 cm³/mol. The van der Waals surface area contributed by atoms with Gasteiger partial charge in [0, 0.05) is 38.4 Å². The van der Waals surface area contributed by atoms with Crippen LogP contribution < -0.4 is 0 Å². The number of aromatic nitrogens is 8. The molecular weight excluding hydrogens is 504 g/mol. The van der Waals surface area contributed by atoms with Gasteiger partial charge >= 0.3 is 0 Å². The number of ether oxygens (including phenoxy) is 2. The predicted octanol–water partition coefficient (Wildman–Crippen LogP) is 6.13. The number of tetrazole rings is 1. The first kappa shape index (κ1) is 29.6. The first-order valence-corrected chi connectivity index (χ1v) is 14.4. The third-order valence-corrected chi connectivity index (χ3v) is 7.45. The summed E-state index contributed by atoms with van der Waals surface area (Å²) >= 11 is 0. The van der Waals surface area contributed by atoms with Crippen LogP contribution in [-0.4, -0.2) is 54.2 Å². The van der Waals surface area contributed by atoms with E-state index < -0.39 is 5.79 Å². The lowest BCUT2D eigenvalue weighted by Crippen LogP contribution is -2.32. The lowest BCUT2D eigenvalue weighted by molar-refractivity contribution is -0.225. The lowest BCUT2D eigenvalue weighted by atomic mass is 10.0. The van der Waals surface area contributed by atoms with Gasteiger partial charge in [0.2, 0.25) is 11.6 Å². The average Bonchev–Trinajstić information content (AvgIpc) is 3.70. The summed E-state index contributed by atoms with van der Waals surface area (Å²) in [6.07, 6.45) is 4.56. The van der Waals surface area contributed by atoms with Crippen molar-refractivity contribution in [2.45, 2.75) is 97.8 Å². The zero-order valence-electron chi connectivity index (χ0n) is 25.2. The van der Waals surface area contributed by atoms with E-state index in [9.17, 15) is 0 Å². The largest absolute Gasteiger partial charge is 0.347 e. The van der Waals surface area contributed by atoms with Gasteiger partial charge < -0.3 is 14.0 Å². The number of methoxy groups -OCH3 is 2. The van der Waals surface area contributed by atoms with Crippen LogP contribution >= 0.6 is 0 Å². The molecule has 10 nitrogen and oxygen atoms in total. The van der Waals surface area contributed by atoms with Gasteiger partial charge in [-0.25, -0.2) is 14.8 Å². The fourth-order valence-corrected chi connectivity index (χ4v) is 5.21. The number of hydrogen-bond acceptors (Lipinski definition) is 7. The Labute approximate surface area is 237 Å². The number of aromatic amines is 1. The van der Waals surface area contributed by atoms with E-state index in [4.69, 9.17) is 19.6 Å². The van der Waals surface area contributed by atoms with E-state index in [1.165, 1.54) is 11.3 Å². The molecule has 0 aliphatic heterocycles. The number of unbranched alkanes of at least 4 members (excludes halogenated alkanes) is 1. The first-order valence-electron chi connectivity index (χ1n) is 14.4. The minimum Gasteiger partial charge on any atom is -0.347 e. The second kappa shape index (κ2) is 12.9. The van der Waals surface area contributed by atoms with Gasteiger partial charge in [0.05, 0.1) is 12.2 Å². The Hall–Kier alpha value is -3.37. The van der Waals surface area contributed by atoms with Crippen molar-refractivity contribution in [1.82, 2.24) is 40.0 Å². The molecule has 0 unspecified atom stereocenters.